The number of nitrogens with one attached hydrogen (secondary N) is 1. The van der Waals surface area contributed by atoms with Crippen molar-refractivity contribution in [3.8, 4) is 0 Å². The van der Waals surface area contributed by atoms with E-state index in [2.05, 4.69) is 19.7 Å². The van der Waals surface area contributed by atoms with Crippen molar-refractivity contribution in [1.82, 2.24) is 19.7 Å². The number of methoxy groups -OCH3 is 1. The quantitative estimate of drug-likeness (QED) is 0.794. The molecule has 0 aliphatic rings. The van der Waals surface area contributed by atoms with Gasteiger partial charge in [0.15, 0.2) is 10.0 Å². The van der Waals surface area contributed by atoms with Crippen LogP contribution in [0.1, 0.15) is 22.1 Å². The van der Waals surface area contributed by atoms with Gasteiger partial charge in [0.1, 0.15) is 12.4 Å². The Morgan fingerprint density at radius 3 is 2.64 bits per heavy atom. The van der Waals surface area contributed by atoms with Crippen LogP contribution in [0.5, 0.6) is 0 Å². The highest BCUT2D eigenvalue weighted by Gasteiger charge is 2.21. The number of nitrogen functional groups attached to an aromatic ring is 1. The van der Waals surface area contributed by atoms with Crippen molar-refractivity contribution < 1.29 is 13.2 Å². The molecule has 0 atom stereocenters. The number of rotatable bonds is 6. The first kappa shape index (κ1) is 16.7. The molecule has 10 heteroatoms. The zero-order valence-electron chi connectivity index (χ0n) is 12.5. The maximum Gasteiger partial charge on any atom is 0.252 e. The Morgan fingerprint density at radius 2 is 2.09 bits per heavy atom. The van der Waals surface area contributed by atoms with Crippen molar-refractivity contribution in [2.75, 3.05) is 12.8 Å². The van der Waals surface area contributed by atoms with Gasteiger partial charge in [-0.25, -0.2) is 28.1 Å². The lowest BCUT2D eigenvalue weighted by molar-refractivity contribution is 0.178. The van der Waals surface area contributed by atoms with Gasteiger partial charge in [-0.1, -0.05) is 0 Å². The van der Waals surface area contributed by atoms with Crippen molar-refractivity contribution in [3.63, 3.8) is 0 Å². The van der Waals surface area contributed by atoms with E-state index in [-0.39, 0.29) is 23.2 Å². The summed E-state index contributed by atoms with van der Waals surface area (Å²) >= 11 is 1.13. The predicted molar refractivity (Wildman–Crippen MR) is 82.8 cm³/mol. The normalized spacial score (nSPS) is 11.8. The summed E-state index contributed by atoms with van der Waals surface area (Å²) in [5, 5.41) is 0.699. The standard InChI is InChI=1S/C12H17N5O3S2/c1-7-12(21-8(2)16-7)22(18,19)15-5-9-4-14-10(6-20-3)17-11(9)13/h4,15H,5-6H2,1-3H3,(H2,13,14,17). The molecule has 0 fully saturated rings. The first-order chi connectivity index (χ1) is 10.3. The first-order valence-corrected chi connectivity index (χ1v) is 8.66. The topological polar surface area (TPSA) is 120 Å². The second-order valence-corrected chi connectivity index (χ2v) is 7.73. The first-order valence-electron chi connectivity index (χ1n) is 6.36. The van der Waals surface area contributed by atoms with Gasteiger partial charge in [-0.2, -0.15) is 0 Å². The Kier molecular flexibility index (Phi) is 5.06. The van der Waals surface area contributed by atoms with E-state index in [9.17, 15) is 8.42 Å². The van der Waals surface area contributed by atoms with Crippen molar-refractivity contribution in [2.24, 2.45) is 0 Å². The number of nitrogens with zero attached hydrogens (tertiary/aromatic N) is 3. The molecule has 8 nitrogen and oxygen atoms in total. The Balaban J connectivity index is 2.14. The van der Waals surface area contributed by atoms with Crippen LogP contribution < -0.4 is 10.5 Å². The van der Waals surface area contributed by atoms with E-state index in [4.69, 9.17) is 10.5 Å². The van der Waals surface area contributed by atoms with E-state index in [1.54, 1.807) is 13.8 Å². The summed E-state index contributed by atoms with van der Waals surface area (Å²) in [5.41, 5.74) is 6.79. The molecule has 2 aromatic heterocycles. The highest BCUT2D eigenvalue weighted by atomic mass is 32.2. The van der Waals surface area contributed by atoms with Crippen molar-refractivity contribution in [2.45, 2.75) is 31.2 Å². The minimum Gasteiger partial charge on any atom is -0.383 e. The molecule has 2 heterocycles. The van der Waals surface area contributed by atoms with Gasteiger partial charge in [-0.15, -0.1) is 11.3 Å². The fourth-order valence-electron chi connectivity index (χ4n) is 1.79. The molecule has 0 saturated heterocycles. The minimum atomic E-state index is -3.64. The highest BCUT2D eigenvalue weighted by molar-refractivity contribution is 7.91. The monoisotopic (exact) mass is 343 g/mol. The van der Waals surface area contributed by atoms with Crippen LogP contribution in [0.2, 0.25) is 0 Å². The fraction of sp³-hybridized carbons (Fsp3) is 0.417. The summed E-state index contributed by atoms with van der Waals surface area (Å²) < 4.78 is 32.2. The van der Waals surface area contributed by atoms with Crippen LogP contribution in [0, 0.1) is 13.8 Å². The van der Waals surface area contributed by atoms with Gasteiger partial charge >= 0.3 is 0 Å². The second-order valence-electron chi connectivity index (χ2n) is 4.56. The Morgan fingerprint density at radius 1 is 1.36 bits per heavy atom. The third kappa shape index (κ3) is 3.77. The molecule has 0 aromatic carbocycles. The Hall–Kier alpha value is -1.62. The van der Waals surface area contributed by atoms with E-state index < -0.39 is 10.0 Å². The molecule has 0 spiro atoms. The van der Waals surface area contributed by atoms with Crippen LogP contribution >= 0.6 is 11.3 Å². The number of ether oxygens (including phenoxy) is 1. The number of hydrogen-bond acceptors (Lipinski definition) is 8. The molecule has 120 valence electrons. The summed E-state index contributed by atoms with van der Waals surface area (Å²) in [6, 6.07) is 0. The maximum atomic E-state index is 12.3. The van der Waals surface area contributed by atoms with E-state index in [0.717, 1.165) is 11.3 Å². The van der Waals surface area contributed by atoms with Crippen LogP contribution in [0.4, 0.5) is 5.82 Å². The van der Waals surface area contributed by atoms with Crippen molar-refractivity contribution >= 4 is 27.2 Å². The number of sulfonamides is 1. The van der Waals surface area contributed by atoms with Crippen LogP contribution in [0.15, 0.2) is 10.4 Å². The second kappa shape index (κ2) is 6.65. The van der Waals surface area contributed by atoms with E-state index in [1.807, 2.05) is 0 Å². The average molecular weight is 343 g/mol. The lowest BCUT2D eigenvalue weighted by Crippen LogP contribution is -2.24. The molecular formula is C12H17N5O3S2. The third-order valence-electron chi connectivity index (χ3n) is 2.78. The van der Waals surface area contributed by atoms with Crippen LogP contribution in [0.3, 0.4) is 0 Å². The van der Waals surface area contributed by atoms with Crippen LogP contribution in [-0.2, 0) is 27.9 Å². The van der Waals surface area contributed by atoms with E-state index in [1.165, 1.54) is 13.3 Å². The molecule has 0 aliphatic carbocycles. The zero-order chi connectivity index (χ0) is 16.3. The van der Waals surface area contributed by atoms with E-state index >= 15 is 0 Å². The Labute approximate surface area is 132 Å². The van der Waals surface area contributed by atoms with E-state index in [0.29, 0.717) is 22.1 Å². The molecule has 0 bridgehead atoms. The summed E-state index contributed by atoms with van der Waals surface area (Å²) in [5.74, 6) is 0.669. The summed E-state index contributed by atoms with van der Waals surface area (Å²) in [6.45, 7) is 3.68. The fourth-order valence-corrected chi connectivity index (χ4v) is 4.33. The summed E-state index contributed by atoms with van der Waals surface area (Å²) in [6.07, 6.45) is 1.49. The SMILES string of the molecule is COCc1ncc(CNS(=O)(=O)c2sc(C)nc2C)c(N)n1. The molecule has 3 N–H and O–H groups in total. The van der Waals surface area contributed by atoms with Gasteiger partial charge in [0, 0.05) is 25.4 Å². The van der Waals surface area contributed by atoms with Gasteiger partial charge in [-0.3, -0.25) is 0 Å². The number of nitrogens with two attached hydrogens (primary N) is 1. The number of anilines is 1. The van der Waals surface area contributed by atoms with Gasteiger partial charge < -0.3 is 10.5 Å². The number of hydrogen-bond donors (Lipinski definition) is 2. The van der Waals surface area contributed by atoms with Crippen LogP contribution in [0.25, 0.3) is 0 Å². The summed E-state index contributed by atoms with van der Waals surface area (Å²) in [7, 11) is -2.11. The molecule has 0 aliphatic heterocycles. The Bertz CT molecular complexity index is 773. The molecule has 2 aromatic rings. The number of aromatic nitrogens is 3. The van der Waals surface area contributed by atoms with Crippen LogP contribution in [-0.4, -0.2) is 30.5 Å². The predicted octanol–water partition coefficient (Wildman–Crippen LogP) is 0.757. The molecule has 22 heavy (non-hydrogen) atoms. The number of thiazole rings is 1. The molecule has 0 saturated carbocycles. The van der Waals surface area contributed by atoms with Crippen molar-refractivity contribution in [1.29, 1.82) is 0 Å². The van der Waals surface area contributed by atoms with Gasteiger partial charge in [0.25, 0.3) is 10.0 Å². The van der Waals surface area contributed by atoms with Gasteiger partial charge in [-0.05, 0) is 13.8 Å². The maximum absolute atomic E-state index is 12.3. The zero-order valence-corrected chi connectivity index (χ0v) is 14.1. The summed E-state index contributed by atoms with van der Waals surface area (Å²) in [4.78, 5) is 12.2. The third-order valence-corrected chi connectivity index (χ3v) is 5.86. The molecule has 2 rings (SSSR count). The highest BCUT2D eigenvalue weighted by Crippen LogP contribution is 2.23. The molecular weight excluding hydrogens is 326 g/mol. The largest absolute Gasteiger partial charge is 0.383 e. The molecule has 0 amide bonds. The van der Waals surface area contributed by atoms with Gasteiger partial charge in [0.2, 0.25) is 0 Å². The van der Waals surface area contributed by atoms with Gasteiger partial charge in [0.05, 0.1) is 10.7 Å². The number of aryl methyl sites for hydroxylation is 2. The lowest BCUT2D eigenvalue weighted by Gasteiger charge is -2.08. The lowest BCUT2D eigenvalue weighted by atomic mass is 10.3. The van der Waals surface area contributed by atoms with Crippen molar-refractivity contribution in [3.05, 3.63) is 28.3 Å². The molecule has 0 radical (unpaired) electrons. The molecule has 0 unspecified atom stereocenters. The average Bonchev–Trinajstić information content (AvgIpc) is 2.78. The minimum absolute atomic E-state index is 0.0117. The smallest absolute Gasteiger partial charge is 0.252 e.